The van der Waals surface area contributed by atoms with Gasteiger partial charge in [-0.3, -0.25) is 4.79 Å². The molecule has 2 aromatic carbocycles. The lowest BCUT2D eigenvalue weighted by molar-refractivity contribution is -0.118. The van der Waals surface area contributed by atoms with Crippen molar-refractivity contribution in [3.8, 4) is 5.75 Å². The molecule has 5 heteroatoms. The maximum absolute atomic E-state index is 12.1. The first-order chi connectivity index (χ1) is 11.9. The SMILES string of the molecule is Cc1cccc(C)c1OCC(=O)Nc1cccc(C(=O)OC(C)C)c1. The smallest absolute Gasteiger partial charge is 0.338 e. The van der Waals surface area contributed by atoms with Crippen LogP contribution in [0.1, 0.15) is 35.3 Å². The molecule has 0 bridgehead atoms. The summed E-state index contributed by atoms with van der Waals surface area (Å²) in [5, 5.41) is 2.73. The van der Waals surface area contributed by atoms with Crippen LogP contribution in [0.15, 0.2) is 42.5 Å². The second-order valence-electron chi connectivity index (χ2n) is 6.09. The lowest BCUT2D eigenvalue weighted by Gasteiger charge is -2.12. The van der Waals surface area contributed by atoms with E-state index in [1.165, 1.54) is 0 Å². The molecule has 0 saturated carbocycles. The van der Waals surface area contributed by atoms with Crippen LogP contribution in [0.3, 0.4) is 0 Å². The molecule has 0 heterocycles. The van der Waals surface area contributed by atoms with Crippen molar-refractivity contribution in [3.05, 3.63) is 59.2 Å². The third-order valence-corrected chi connectivity index (χ3v) is 3.48. The fraction of sp³-hybridized carbons (Fsp3) is 0.300. The monoisotopic (exact) mass is 341 g/mol. The van der Waals surface area contributed by atoms with Crippen LogP contribution in [-0.2, 0) is 9.53 Å². The van der Waals surface area contributed by atoms with Crippen LogP contribution in [-0.4, -0.2) is 24.6 Å². The zero-order valence-corrected chi connectivity index (χ0v) is 15.0. The van der Waals surface area contributed by atoms with E-state index in [0.29, 0.717) is 17.0 Å². The highest BCUT2D eigenvalue weighted by molar-refractivity contribution is 5.95. The van der Waals surface area contributed by atoms with Gasteiger partial charge in [0.25, 0.3) is 5.91 Å². The van der Waals surface area contributed by atoms with Crippen LogP contribution < -0.4 is 10.1 Å². The lowest BCUT2D eigenvalue weighted by Crippen LogP contribution is -2.21. The number of rotatable bonds is 6. The molecule has 25 heavy (non-hydrogen) atoms. The first kappa shape index (κ1) is 18.5. The Bertz CT molecular complexity index is 748. The Balaban J connectivity index is 1.98. The highest BCUT2D eigenvalue weighted by Gasteiger charge is 2.11. The average Bonchev–Trinajstić information content (AvgIpc) is 2.54. The number of carbonyl (C=O) groups is 2. The Morgan fingerprint density at radius 3 is 2.32 bits per heavy atom. The van der Waals surface area contributed by atoms with Crippen LogP contribution in [0.4, 0.5) is 5.69 Å². The fourth-order valence-electron chi connectivity index (χ4n) is 2.37. The molecule has 2 rings (SSSR count). The quantitative estimate of drug-likeness (QED) is 0.810. The van der Waals surface area contributed by atoms with Gasteiger partial charge in [-0.15, -0.1) is 0 Å². The standard InChI is InChI=1S/C20H23NO4/c1-13(2)25-20(23)16-9-6-10-17(11-16)21-18(22)12-24-19-14(3)7-5-8-15(19)4/h5-11,13H,12H2,1-4H3,(H,21,22). The molecule has 132 valence electrons. The van der Waals surface area contributed by atoms with Gasteiger partial charge in [-0.25, -0.2) is 4.79 Å². The largest absolute Gasteiger partial charge is 0.483 e. The molecule has 1 amide bonds. The first-order valence-corrected chi connectivity index (χ1v) is 8.16. The zero-order chi connectivity index (χ0) is 18.4. The van der Waals surface area contributed by atoms with Crippen molar-refractivity contribution in [1.82, 2.24) is 0 Å². The maximum Gasteiger partial charge on any atom is 0.338 e. The first-order valence-electron chi connectivity index (χ1n) is 8.16. The summed E-state index contributed by atoms with van der Waals surface area (Å²) in [7, 11) is 0. The average molecular weight is 341 g/mol. The van der Waals surface area contributed by atoms with Crippen molar-refractivity contribution in [2.75, 3.05) is 11.9 Å². The van der Waals surface area contributed by atoms with Crippen molar-refractivity contribution in [1.29, 1.82) is 0 Å². The van der Waals surface area contributed by atoms with Crippen molar-refractivity contribution < 1.29 is 19.1 Å². The topological polar surface area (TPSA) is 64.6 Å². The van der Waals surface area contributed by atoms with Crippen molar-refractivity contribution >= 4 is 17.6 Å². The van der Waals surface area contributed by atoms with Gasteiger partial charge in [0.15, 0.2) is 6.61 Å². The van der Waals surface area contributed by atoms with Crippen LogP contribution >= 0.6 is 0 Å². The highest BCUT2D eigenvalue weighted by Crippen LogP contribution is 2.22. The fourth-order valence-corrected chi connectivity index (χ4v) is 2.37. The van der Waals surface area contributed by atoms with Crippen molar-refractivity contribution in [3.63, 3.8) is 0 Å². The minimum absolute atomic E-state index is 0.105. The van der Waals surface area contributed by atoms with Gasteiger partial charge >= 0.3 is 5.97 Å². The van der Waals surface area contributed by atoms with Gasteiger partial charge in [-0.2, -0.15) is 0 Å². The van der Waals surface area contributed by atoms with Gasteiger partial charge in [0.2, 0.25) is 0 Å². The summed E-state index contributed by atoms with van der Waals surface area (Å²) in [5.74, 6) is 0.00169. The minimum atomic E-state index is -0.419. The highest BCUT2D eigenvalue weighted by atomic mass is 16.5. The molecule has 0 aliphatic rings. The third kappa shape index (κ3) is 5.35. The Labute approximate surface area is 148 Å². The van der Waals surface area contributed by atoms with E-state index in [1.54, 1.807) is 38.1 Å². The number of hydrogen-bond acceptors (Lipinski definition) is 4. The van der Waals surface area contributed by atoms with Gasteiger partial charge in [0, 0.05) is 5.69 Å². The Morgan fingerprint density at radius 2 is 1.68 bits per heavy atom. The summed E-state index contributed by atoms with van der Waals surface area (Å²) in [6.45, 7) is 7.34. The van der Waals surface area contributed by atoms with Crippen molar-refractivity contribution in [2.24, 2.45) is 0 Å². The predicted octanol–water partition coefficient (Wildman–Crippen LogP) is 3.89. The number of carbonyl (C=O) groups excluding carboxylic acids is 2. The molecule has 0 radical (unpaired) electrons. The normalized spacial score (nSPS) is 10.4. The second kappa shape index (κ2) is 8.33. The number of esters is 1. The van der Waals surface area contributed by atoms with E-state index >= 15 is 0 Å². The van der Waals surface area contributed by atoms with Crippen molar-refractivity contribution in [2.45, 2.75) is 33.8 Å². The summed E-state index contributed by atoms with van der Waals surface area (Å²) in [5.41, 5.74) is 2.87. The van der Waals surface area contributed by atoms with E-state index in [9.17, 15) is 9.59 Å². The van der Waals surface area contributed by atoms with Crippen LogP contribution in [0.25, 0.3) is 0 Å². The Morgan fingerprint density at radius 1 is 1.04 bits per heavy atom. The molecule has 0 atom stereocenters. The summed E-state index contributed by atoms with van der Waals surface area (Å²) in [4.78, 5) is 24.0. The molecular weight excluding hydrogens is 318 g/mol. The molecule has 0 saturated heterocycles. The summed E-state index contributed by atoms with van der Waals surface area (Å²) in [6.07, 6.45) is -0.198. The third-order valence-electron chi connectivity index (χ3n) is 3.48. The van der Waals surface area contributed by atoms with E-state index in [1.807, 2.05) is 32.0 Å². The number of benzene rings is 2. The molecule has 5 nitrogen and oxygen atoms in total. The molecule has 0 aliphatic carbocycles. The molecular formula is C20H23NO4. The number of nitrogens with one attached hydrogen (secondary N) is 1. The molecule has 0 aromatic heterocycles. The van der Waals surface area contributed by atoms with E-state index in [2.05, 4.69) is 5.32 Å². The number of anilines is 1. The summed E-state index contributed by atoms with van der Waals surface area (Å²) >= 11 is 0. The van der Waals surface area contributed by atoms with Gasteiger partial charge in [0.1, 0.15) is 5.75 Å². The minimum Gasteiger partial charge on any atom is -0.483 e. The van der Waals surface area contributed by atoms with Gasteiger partial charge in [-0.05, 0) is 57.0 Å². The van der Waals surface area contributed by atoms with E-state index in [0.717, 1.165) is 11.1 Å². The van der Waals surface area contributed by atoms with Gasteiger partial charge in [-0.1, -0.05) is 24.3 Å². The number of hydrogen-bond donors (Lipinski definition) is 1. The van der Waals surface area contributed by atoms with Crippen LogP contribution in [0.2, 0.25) is 0 Å². The lowest BCUT2D eigenvalue weighted by atomic mass is 10.1. The maximum atomic E-state index is 12.1. The Kier molecular flexibility index (Phi) is 6.17. The van der Waals surface area contributed by atoms with E-state index in [4.69, 9.17) is 9.47 Å². The summed E-state index contributed by atoms with van der Waals surface area (Å²) in [6, 6.07) is 12.4. The Hall–Kier alpha value is -2.82. The number of para-hydroxylation sites is 1. The molecule has 0 aliphatic heterocycles. The zero-order valence-electron chi connectivity index (χ0n) is 15.0. The van der Waals surface area contributed by atoms with Gasteiger partial charge in [0.05, 0.1) is 11.7 Å². The van der Waals surface area contributed by atoms with E-state index in [-0.39, 0.29) is 18.6 Å². The van der Waals surface area contributed by atoms with E-state index < -0.39 is 5.97 Å². The van der Waals surface area contributed by atoms with Gasteiger partial charge < -0.3 is 14.8 Å². The molecule has 0 unspecified atom stereocenters. The molecule has 2 aromatic rings. The van der Waals surface area contributed by atoms with Crippen LogP contribution in [0, 0.1) is 13.8 Å². The molecule has 1 N–H and O–H groups in total. The number of ether oxygens (including phenoxy) is 2. The summed E-state index contributed by atoms with van der Waals surface area (Å²) < 4.78 is 10.8. The van der Waals surface area contributed by atoms with Crippen LogP contribution in [0.5, 0.6) is 5.75 Å². The molecule has 0 spiro atoms. The second-order valence-corrected chi connectivity index (χ2v) is 6.09. The predicted molar refractivity (Wildman–Crippen MR) is 97.0 cm³/mol. The number of aryl methyl sites for hydroxylation is 2. The molecule has 0 fully saturated rings. The number of amides is 1.